The second kappa shape index (κ2) is 4.85. The van der Waals surface area contributed by atoms with Gasteiger partial charge in [0.2, 0.25) is 0 Å². The van der Waals surface area contributed by atoms with Crippen LogP contribution in [-0.2, 0) is 20.0 Å². The van der Waals surface area contributed by atoms with Gasteiger partial charge in [-0.1, -0.05) is 12.1 Å². The van der Waals surface area contributed by atoms with Crippen molar-refractivity contribution in [2.75, 3.05) is 20.8 Å². The standard InChI is InChI=1S/C13H16O4/c1-15-12(14)10-4-6-11(7-5-10)13(16-2)8-3-9-17-13/h4-7H,3,8-9H2,1-2H3. The van der Waals surface area contributed by atoms with E-state index in [9.17, 15) is 4.79 Å². The van der Waals surface area contributed by atoms with Crippen LogP contribution in [0, 0.1) is 0 Å². The number of rotatable bonds is 3. The highest BCUT2D eigenvalue weighted by Crippen LogP contribution is 2.36. The lowest BCUT2D eigenvalue weighted by molar-refractivity contribution is -0.201. The molecule has 0 aliphatic carbocycles. The second-order valence-electron chi connectivity index (χ2n) is 3.98. The van der Waals surface area contributed by atoms with E-state index in [1.807, 2.05) is 12.1 Å². The van der Waals surface area contributed by atoms with Gasteiger partial charge in [0.25, 0.3) is 0 Å². The third-order valence-corrected chi connectivity index (χ3v) is 3.06. The zero-order chi connectivity index (χ0) is 12.3. The molecule has 1 aliphatic heterocycles. The monoisotopic (exact) mass is 236 g/mol. The number of hydrogen-bond donors (Lipinski definition) is 0. The zero-order valence-electron chi connectivity index (χ0n) is 10.1. The van der Waals surface area contributed by atoms with Gasteiger partial charge in [-0.25, -0.2) is 4.79 Å². The first-order valence-electron chi connectivity index (χ1n) is 5.60. The van der Waals surface area contributed by atoms with Crippen molar-refractivity contribution in [2.24, 2.45) is 0 Å². The molecule has 0 bridgehead atoms. The van der Waals surface area contributed by atoms with Gasteiger partial charge >= 0.3 is 5.97 Å². The third-order valence-electron chi connectivity index (χ3n) is 3.06. The summed E-state index contributed by atoms with van der Waals surface area (Å²) in [7, 11) is 3.01. The van der Waals surface area contributed by atoms with Crippen molar-refractivity contribution < 1.29 is 19.0 Å². The summed E-state index contributed by atoms with van der Waals surface area (Å²) in [4.78, 5) is 11.3. The van der Waals surface area contributed by atoms with Gasteiger partial charge < -0.3 is 14.2 Å². The number of methoxy groups -OCH3 is 2. The van der Waals surface area contributed by atoms with Gasteiger partial charge in [0.05, 0.1) is 19.3 Å². The Hall–Kier alpha value is -1.39. The Labute approximate surface area is 100 Å². The highest BCUT2D eigenvalue weighted by Gasteiger charge is 2.37. The molecule has 1 aromatic carbocycles. The fourth-order valence-corrected chi connectivity index (χ4v) is 2.10. The minimum Gasteiger partial charge on any atom is -0.465 e. The van der Waals surface area contributed by atoms with Crippen LogP contribution in [0.4, 0.5) is 0 Å². The van der Waals surface area contributed by atoms with Crippen molar-refractivity contribution >= 4 is 5.97 Å². The van der Waals surface area contributed by atoms with E-state index < -0.39 is 5.79 Å². The van der Waals surface area contributed by atoms with Crippen molar-refractivity contribution in [2.45, 2.75) is 18.6 Å². The Kier molecular flexibility index (Phi) is 3.45. The maximum absolute atomic E-state index is 11.3. The average Bonchev–Trinajstić information content (AvgIpc) is 2.88. The number of carbonyl (C=O) groups excluding carboxylic acids is 1. The van der Waals surface area contributed by atoms with Gasteiger partial charge in [0.15, 0.2) is 5.79 Å². The molecule has 1 atom stereocenters. The molecule has 0 saturated carbocycles. The van der Waals surface area contributed by atoms with Crippen molar-refractivity contribution in [3.05, 3.63) is 35.4 Å². The summed E-state index contributed by atoms with van der Waals surface area (Å²) in [6, 6.07) is 7.15. The normalized spacial score (nSPS) is 23.6. The summed E-state index contributed by atoms with van der Waals surface area (Å²) in [6.07, 6.45) is 1.81. The summed E-state index contributed by atoms with van der Waals surface area (Å²) in [6.45, 7) is 0.701. The van der Waals surface area contributed by atoms with E-state index in [4.69, 9.17) is 9.47 Å². The molecule has 1 aromatic rings. The Morgan fingerprint density at radius 2 is 2.00 bits per heavy atom. The quantitative estimate of drug-likeness (QED) is 0.754. The van der Waals surface area contributed by atoms with Gasteiger partial charge in [0.1, 0.15) is 0 Å². The molecule has 1 heterocycles. The van der Waals surface area contributed by atoms with Crippen molar-refractivity contribution in [1.82, 2.24) is 0 Å². The SMILES string of the molecule is COC(=O)c1ccc(C2(OC)CCCO2)cc1. The summed E-state index contributed by atoms with van der Waals surface area (Å²) in [5.74, 6) is -0.982. The van der Waals surface area contributed by atoms with E-state index in [1.165, 1.54) is 7.11 Å². The number of ether oxygens (including phenoxy) is 3. The molecule has 1 fully saturated rings. The molecule has 17 heavy (non-hydrogen) atoms. The van der Waals surface area contributed by atoms with E-state index in [1.54, 1.807) is 19.2 Å². The van der Waals surface area contributed by atoms with Crippen LogP contribution in [0.5, 0.6) is 0 Å². The smallest absolute Gasteiger partial charge is 0.337 e. The van der Waals surface area contributed by atoms with Gasteiger partial charge in [-0.2, -0.15) is 0 Å². The van der Waals surface area contributed by atoms with Gasteiger partial charge in [-0.15, -0.1) is 0 Å². The van der Waals surface area contributed by atoms with Crippen LogP contribution in [0.2, 0.25) is 0 Å². The number of esters is 1. The lowest BCUT2D eigenvalue weighted by atomic mass is 10.0. The Morgan fingerprint density at radius 3 is 2.47 bits per heavy atom. The molecule has 4 nitrogen and oxygen atoms in total. The van der Waals surface area contributed by atoms with Crippen LogP contribution in [-0.4, -0.2) is 26.8 Å². The first kappa shape index (κ1) is 12.1. The first-order valence-corrected chi connectivity index (χ1v) is 5.60. The highest BCUT2D eigenvalue weighted by molar-refractivity contribution is 5.89. The molecule has 2 rings (SSSR count). The topological polar surface area (TPSA) is 44.8 Å². The number of carbonyl (C=O) groups is 1. The Bertz CT molecular complexity index is 390. The summed E-state index contributed by atoms with van der Waals surface area (Å²) >= 11 is 0. The average molecular weight is 236 g/mol. The fraction of sp³-hybridized carbons (Fsp3) is 0.462. The Balaban J connectivity index is 2.25. The molecule has 0 spiro atoms. The molecule has 1 unspecified atom stereocenters. The maximum atomic E-state index is 11.3. The molecular weight excluding hydrogens is 220 g/mol. The van der Waals surface area contributed by atoms with E-state index in [-0.39, 0.29) is 5.97 Å². The van der Waals surface area contributed by atoms with Crippen LogP contribution in [0.15, 0.2) is 24.3 Å². The molecule has 1 saturated heterocycles. The van der Waals surface area contributed by atoms with Crippen LogP contribution < -0.4 is 0 Å². The first-order chi connectivity index (χ1) is 8.22. The Morgan fingerprint density at radius 1 is 1.29 bits per heavy atom. The van der Waals surface area contributed by atoms with E-state index >= 15 is 0 Å². The summed E-state index contributed by atoms with van der Waals surface area (Å²) in [5, 5.41) is 0. The minimum absolute atomic E-state index is 0.338. The molecule has 4 heteroatoms. The zero-order valence-corrected chi connectivity index (χ0v) is 10.1. The molecular formula is C13H16O4. The summed E-state index contributed by atoms with van der Waals surface area (Å²) in [5.41, 5.74) is 1.46. The van der Waals surface area contributed by atoms with Crippen molar-refractivity contribution in [3.63, 3.8) is 0 Å². The number of hydrogen-bond acceptors (Lipinski definition) is 4. The molecule has 0 aromatic heterocycles. The molecule has 0 N–H and O–H groups in total. The van der Waals surface area contributed by atoms with Gasteiger partial charge in [0, 0.05) is 19.1 Å². The predicted octanol–water partition coefficient (Wildman–Crippen LogP) is 2.08. The lowest BCUT2D eigenvalue weighted by Crippen LogP contribution is -2.27. The van der Waals surface area contributed by atoms with Crippen LogP contribution in [0.25, 0.3) is 0 Å². The molecule has 1 aliphatic rings. The van der Waals surface area contributed by atoms with Crippen LogP contribution >= 0.6 is 0 Å². The van der Waals surface area contributed by atoms with Gasteiger partial charge in [-0.05, 0) is 18.6 Å². The van der Waals surface area contributed by atoms with E-state index in [0.717, 1.165) is 18.4 Å². The third kappa shape index (κ3) is 2.18. The van der Waals surface area contributed by atoms with E-state index in [2.05, 4.69) is 4.74 Å². The van der Waals surface area contributed by atoms with E-state index in [0.29, 0.717) is 12.2 Å². The van der Waals surface area contributed by atoms with Gasteiger partial charge in [-0.3, -0.25) is 0 Å². The predicted molar refractivity (Wildman–Crippen MR) is 61.7 cm³/mol. The summed E-state index contributed by atoms with van der Waals surface area (Å²) < 4.78 is 15.8. The van der Waals surface area contributed by atoms with Crippen LogP contribution in [0.3, 0.4) is 0 Å². The van der Waals surface area contributed by atoms with Crippen LogP contribution in [0.1, 0.15) is 28.8 Å². The largest absolute Gasteiger partial charge is 0.465 e. The highest BCUT2D eigenvalue weighted by atomic mass is 16.7. The maximum Gasteiger partial charge on any atom is 0.337 e. The number of benzene rings is 1. The van der Waals surface area contributed by atoms with Crippen molar-refractivity contribution in [1.29, 1.82) is 0 Å². The van der Waals surface area contributed by atoms with Crippen molar-refractivity contribution in [3.8, 4) is 0 Å². The second-order valence-corrected chi connectivity index (χ2v) is 3.98. The fourth-order valence-electron chi connectivity index (χ4n) is 2.10. The minimum atomic E-state index is -0.644. The molecule has 92 valence electrons. The lowest BCUT2D eigenvalue weighted by Gasteiger charge is -2.27. The molecule has 0 amide bonds. The molecule has 0 radical (unpaired) electrons.